The maximum Gasteiger partial charge on any atom is 0.225 e. The highest BCUT2D eigenvalue weighted by atomic mass is 35.5. The molecule has 16 heavy (non-hydrogen) atoms. The predicted octanol–water partition coefficient (Wildman–Crippen LogP) is 4.05. The lowest BCUT2D eigenvalue weighted by molar-refractivity contribution is 0.425. The van der Waals surface area contributed by atoms with Crippen molar-refractivity contribution in [2.45, 2.75) is 59.4 Å². The van der Waals surface area contributed by atoms with E-state index in [1.165, 1.54) is 6.42 Å². The Balaban J connectivity index is 2.81. The first-order valence-corrected chi connectivity index (χ1v) is 6.41. The lowest BCUT2D eigenvalue weighted by Gasteiger charge is -2.18. The average molecular weight is 244 g/mol. The van der Waals surface area contributed by atoms with Crippen molar-refractivity contribution in [1.29, 1.82) is 0 Å². The number of rotatable bonds is 5. The van der Waals surface area contributed by atoms with Gasteiger partial charge in [-0.2, -0.15) is 0 Å². The van der Waals surface area contributed by atoms with E-state index in [1.807, 2.05) is 0 Å². The summed E-state index contributed by atoms with van der Waals surface area (Å²) in [6, 6.07) is 0.377. The molecule has 4 heteroatoms. The van der Waals surface area contributed by atoms with Crippen molar-refractivity contribution >= 4 is 11.6 Å². The standard InChI is InChI=1S/C12H22ClN3/c1-8(2)6-7-10(5)16-11(9(3)4)14-15-12(16)13/h8-10H,6-7H2,1-5H3. The molecule has 0 aliphatic heterocycles. The van der Waals surface area contributed by atoms with Gasteiger partial charge >= 0.3 is 0 Å². The van der Waals surface area contributed by atoms with Crippen molar-refractivity contribution in [2.24, 2.45) is 5.92 Å². The Bertz CT molecular complexity index is 331. The van der Waals surface area contributed by atoms with Gasteiger partial charge in [0.2, 0.25) is 5.28 Å². The fraction of sp³-hybridized carbons (Fsp3) is 0.833. The first-order valence-electron chi connectivity index (χ1n) is 6.03. The minimum Gasteiger partial charge on any atom is -0.299 e. The summed E-state index contributed by atoms with van der Waals surface area (Å²) in [7, 11) is 0. The molecule has 1 aromatic rings. The first kappa shape index (κ1) is 13.5. The summed E-state index contributed by atoms with van der Waals surface area (Å²) in [6.45, 7) is 10.9. The fourth-order valence-corrected chi connectivity index (χ4v) is 2.08. The van der Waals surface area contributed by atoms with Gasteiger partial charge in [0.05, 0.1) is 0 Å². The highest BCUT2D eigenvalue weighted by Gasteiger charge is 2.18. The van der Waals surface area contributed by atoms with Crippen LogP contribution in [0, 0.1) is 5.92 Å². The van der Waals surface area contributed by atoms with E-state index in [4.69, 9.17) is 11.6 Å². The lowest BCUT2D eigenvalue weighted by Crippen LogP contribution is -2.11. The topological polar surface area (TPSA) is 30.7 Å². The summed E-state index contributed by atoms with van der Waals surface area (Å²) in [5.74, 6) is 2.07. The second-order valence-corrected chi connectivity index (χ2v) is 5.51. The zero-order valence-corrected chi connectivity index (χ0v) is 11.6. The molecule has 1 atom stereocenters. The Hall–Kier alpha value is -0.570. The van der Waals surface area contributed by atoms with Crippen molar-refractivity contribution in [3.63, 3.8) is 0 Å². The number of aromatic nitrogens is 3. The van der Waals surface area contributed by atoms with Crippen LogP contribution in [0.15, 0.2) is 0 Å². The summed E-state index contributed by atoms with van der Waals surface area (Å²) in [5, 5.41) is 8.62. The van der Waals surface area contributed by atoms with Crippen LogP contribution < -0.4 is 0 Å². The fourth-order valence-electron chi connectivity index (χ4n) is 1.79. The van der Waals surface area contributed by atoms with Gasteiger partial charge in [-0.3, -0.25) is 4.57 Å². The highest BCUT2D eigenvalue weighted by molar-refractivity contribution is 6.28. The number of nitrogens with zero attached hydrogens (tertiary/aromatic N) is 3. The summed E-state index contributed by atoms with van der Waals surface area (Å²) in [4.78, 5) is 0. The van der Waals surface area contributed by atoms with E-state index in [0.717, 1.165) is 18.2 Å². The quantitative estimate of drug-likeness (QED) is 0.781. The molecule has 1 aromatic heterocycles. The van der Waals surface area contributed by atoms with Crippen LogP contribution in [-0.4, -0.2) is 14.8 Å². The van der Waals surface area contributed by atoms with E-state index in [1.54, 1.807) is 0 Å². The predicted molar refractivity (Wildman–Crippen MR) is 67.9 cm³/mol. The lowest BCUT2D eigenvalue weighted by atomic mass is 10.0. The molecule has 1 rings (SSSR count). The summed E-state index contributed by atoms with van der Waals surface area (Å²) in [6.07, 6.45) is 2.32. The van der Waals surface area contributed by atoms with E-state index in [2.05, 4.69) is 49.4 Å². The van der Waals surface area contributed by atoms with Gasteiger partial charge in [0, 0.05) is 12.0 Å². The van der Waals surface area contributed by atoms with Crippen LogP contribution in [-0.2, 0) is 0 Å². The van der Waals surface area contributed by atoms with Crippen LogP contribution in [0.4, 0.5) is 0 Å². The molecule has 92 valence electrons. The summed E-state index contributed by atoms with van der Waals surface area (Å²) < 4.78 is 2.06. The van der Waals surface area contributed by atoms with Crippen LogP contribution in [0.3, 0.4) is 0 Å². The molecule has 1 heterocycles. The molecule has 0 radical (unpaired) electrons. The average Bonchev–Trinajstić information content (AvgIpc) is 2.56. The maximum atomic E-state index is 6.09. The zero-order chi connectivity index (χ0) is 12.3. The van der Waals surface area contributed by atoms with Gasteiger partial charge in [0.1, 0.15) is 5.82 Å². The van der Waals surface area contributed by atoms with E-state index >= 15 is 0 Å². The van der Waals surface area contributed by atoms with Gasteiger partial charge in [-0.15, -0.1) is 10.2 Å². The second kappa shape index (κ2) is 5.67. The van der Waals surface area contributed by atoms with E-state index in [0.29, 0.717) is 17.2 Å². The molecular weight excluding hydrogens is 222 g/mol. The third-order valence-electron chi connectivity index (χ3n) is 2.80. The third kappa shape index (κ3) is 3.21. The molecule has 0 fully saturated rings. The monoisotopic (exact) mass is 243 g/mol. The number of hydrogen-bond donors (Lipinski definition) is 0. The zero-order valence-electron chi connectivity index (χ0n) is 10.9. The third-order valence-corrected chi connectivity index (χ3v) is 3.06. The van der Waals surface area contributed by atoms with Crippen LogP contribution in [0.25, 0.3) is 0 Å². The van der Waals surface area contributed by atoms with Crippen LogP contribution in [0.1, 0.15) is 65.2 Å². The van der Waals surface area contributed by atoms with Gasteiger partial charge in [-0.25, -0.2) is 0 Å². The second-order valence-electron chi connectivity index (χ2n) is 5.17. The molecule has 0 aliphatic rings. The van der Waals surface area contributed by atoms with E-state index in [9.17, 15) is 0 Å². The molecule has 0 bridgehead atoms. The smallest absolute Gasteiger partial charge is 0.225 e. The van der Waals surface area contributed by atoms with Crippen molar-refractivity contribution in [3.8, 4) is 0 Å². The number of halogens is 1. The van der Waals surface area contributed by atoms with Crippen molar-refractivity contribution in [2.75, 3.05) is 0 Å². The normalized spacial score (nSPS) is 13.8. The Morgan fingerprint density at radius 1 is 1.06 bits per heavy atom. The Morgan fingerprint density at radius 2 is 1.69 bits per heavy atom. The van der Waals surface area contributed by atoms with Crippen molar-refractivity contribution in [1.82, 2.24) is 14.8 Å². The van der Waals surface area contributed by atoms with E-state index in [-0.39, 0.29) is 0 Å². The first-order chi connectivity index (χ1) is 7.43. The molecule has 0 spiro atoms. The maximum absolute atomic E-state index is 6.09. The van der Waals surface area contributed by atoms with Gasteiger partial charge < -0.3 is 0 Å². The molecule has 0 amide bonds. The van der Waals surface area contributed by atoms with Gasteiger partial charge in [-0.1, -0.05) is 27.7 Å². The van der Waals surface area contributed by atoms with Crippen LogP contribution >= 0.6 is 11.6 Å². The van der Waals surface area contributed by atoms with Crippen LogP contribution in [0.5, 0.6) is 0 Å². The van der Waals surface area contributed by atoms with Crippen molar-refractivity contribution in [3.05, 3.63) is 11.1 Å². The molecule has 1 unspecified atom stereocenters. The number of hydrogen-bond acceptors (Lipinski definition) is 2. The molecule has 0 aliphatic carbocycles. The molecule has 0 saturated carbocycles. The SMILES string of the molecule is CC(C)CCC(C)n1c(Cl)nnc1C(C)C. The molecule has 0 aromatic carbocycles. The molecule has 3 nitrogen and oxygen atoms in total. The minimum absolute atomic E-state index is 0.362. The molecule has 0 N–H and O–H groups in total. The Labute approximate surface area is 103 Å². The van der Waals surface area contributed by atoms with Gasteiger partial charge in [0.25, 0.3) is 0 Å². The molecule has 0 saturated heterocycles. The van der Waals surface area contributed by atoms with Crippen LogP contribution in [0.2, 0.25) is 5.28 Å². The summed E-state index contributed by atoms with van der Waals surface area (Å²) >= 11 is 6.09. The van der Waals surface area contributed by atoms with Crippen molar-refractivity contribution < 1.29 is 0 Å². The van der Waals surface area contributed by atoms with E-state index < -0.39 is 0 Å². The highest BCUT2D eigenvalue weighted by Crippen LogP contribution is 2.25. The summed E-state index contributed by atoms with van der Waals surface area (Å²) in [5.41, 5.74) is 0. The van der Waals surface area contributed by atoms with Gasteiger partial charge in [0.15, 0.2) is 0 Å². The Morgan fingerprint density at radius 3 is 2.19 bits per heavy atom. The molecular formula is C12H22ClN3. The largest absolute Gasteiger partial charge is 0.299 e. The van der Waals surface area contributed by atoms with Gasteiger partial charge in [-0.05, 0) is 37.3 Å². The Kier molecular flexibility index (Phi) is 4.78. The minimum atomic E-state index is 0.362.